The molecule has 2 N–H and O–H groups in total. The quantitative estimate of drug-likeness (QED) is 0.919. The van der Waals surface area contributed by atoms with Crippen LogP contribution in [0.15, 0.2) is 28.9 Å². The number of nitrogens with zero attached hydrogens (tertiary/aromatic N) is 1. The zero-order valence-electron chi connectivity index (χ0n) is 7.71. The molecule has 78 valence electrons. The molecule has 1 aromatic heterocycles. The molecule has 0 saturated heterocycles. The van der Waals surface area contributed by atoms with Crippen molar-refractivity contribution in [2.45, 2.75) is 6.54 Å². The Morgan fingerprint density at radius 1 is 1.47 bits per heavy atom. The maximum atomic E-state index is 6.01. The van der Waals surface area contributed by atoms with E-state index >= 15 is 0 Å². The first-order chi connectivity index (χ1) is 7.20. The van der Waals surface area contributed by atoms with Gasteiger partial charge in [-0.3, -0.25) is 0 Å². The molecule has 5 heteroatoms. The summed E-state index contributed by atoms with van der Waals surface area (Å²) < 4.78 is 0.892. The first kappa shape index (κ1) is 11.1. The van der Waals surface area contributed by atoms with Crippen molar-refractivity contribution in [3.8, 4) is 10.6 Å². The fraction of sp³-hybridized carbons (Fsp3) is 0.100. The molecule has 0 radical (unpaired) electrons. The Kier molecular flexibility index (Phi) is 3.41. The van der Waals surface area contributed by atoms with Gasteiger partial charge in [0.25, 0.3) is 0 Å². The highest BCUT2D eigenvalue weighted by Gasteiger charge is 2.05. The molecule has 0 unspecified atom stereocenters. The van der Waals surface area contributed by atoms with Crippen LogP contribution in [0, 0.1) is 0 Å². The maximum absolute atomic E-state index is 6.01. The largest absolute Gasteiger partial charge is 0.326 e. The van der Waals surface area contributed by atoms with E-state index in [-0.39, 0.29) is 0 Å². The minimum atomic E-state index is 0.530. The molecule has 0 aliphatic heterocycles. The van der Waals surface area contributed by atoms with Crippen LogP contribution in [-0.4, -0.2) is 4.98 Å². The third kappa shape index (κ3) is 2.39. The fourth-order valence-corrected chi connectivity index (χ4v) is 2.38. The van der Waals surface area contributed by atoms with Gasteiger partial charge in [-0.25, -0.2) is 4.98 Å². The van der Waals surface area contributed by atoms with Gasteiger partial charge < -0.3 is 5.73 Å². The average Bonchev–Trinajstić information content (AvgIpc) is 2.70. The smallest absolute Gasteiger partial charge is 0.123 e. The van der Waals surface area contributed by atoms with Crippen molar-refractivity contribution >= 4 is 38.9 Å². The number of benzene rings is 1. The Balaban J connectivity index is 2.40. The van der Waals surface area contributed by atoms with Gasteiger partial charge in [0.15, 0.2) is 0 Å². The van der Waals surface area contributed by atoms with Crippen LogP contribution in [0.2, 0.25) is 5.02 Å². The molecule has 0 aliphatic carbocycles. The standard InChI is InChI=1S/C10H8BrClN2S/c11-8-2-1-6(3-9(8)12)10-14-5-7(4-13)15-10/h1-3,5H,4,13H2. The van der Waals surface area contributed by atoms with Gasteiger partial charge in [0.05, 0.1) is 5.02 Å². The number of hydrogen-bond acceptors (Lipinski definition) is 3. The average molecular weight is 304 g/mol. The number of halogens is 2. The van der Waals surface area contributed by atoms with Crippen molar-refractivity contribution in [1.29, 1.82) is 0 Å². The van der Waals surface area contributed by atoms with Crippen molar-refractivity contribution in [2.24, 2.45) is 5.73 Å². The van der Waals surface area contributed by atoms with E-state index in [1.165, 1.54) is 0 Å². The Morgan fingerprint density at radius 2 is 2.27 bits per heavy atom. The minimum Gasteiger partial charge on any atom is -0.326 e. The van der Waals surface area contributed by atoms with Crippen LogP contribution in [-0.2, 0) is 6.54 Å². The van der Waals surface area contributed by atoms with Gasteiger partial charge in [0.2, 0.25) is 0 Å². The van der Waals surface area contributed by atoms with Crippen molar-refractivity contribution < 1.29 is 0 Å². The van der Waals surface area contributed by atoms with Crippen molar-refractivity contribution in [1.82, 2.24) is 4.98 Å². The van der Waals surface area contributed by atoms with Crippen molar-refractivity contribution in [2.75, 3.05) is 0 Å². The van der Waals surface area contributed by atoms with Crippen molar-refractivity contribution in [3.05, 3.63) is 38.8 Å². The summed E-state index contributed by atoms with van der Waals surface area (Å²) >= 11 is 11.0. The molecule has 1 heterocycles. The third-order valence-corrected chi connectivity index (χ3v) is 4.22. The van der Waals surface area contributed by atoms with Gasteiger partial charge >= 0.3 is 0 Å². The molecule has 0 spiro atoms. The SMILES string of the molecule is NCc1cnc(-c2ccc(Br)c(Cl)c2)s1. The molecular weight excluding hydrogens is 296 g/mol. The first-order valence-corrected chi connectivity index (χ1v) is 6.29. The van der Waals surface area contributed by atoms with E-state index < -0.39 is 0 Å². The van der Waals surface area contributed by atoms with E-state index in [0.29, 0.717) is 11.6 Å². The van der Waals surface area contributed by atoms with Gasteiger partial charge in [-0.15, -0.1) is 11.3 Å². The molecule has 0 bridgehead atoms. The zero-order valence-corrected chi connectivity index (χ0v) is 10.9. The van der Waals surface area contributed by atoms with Crippen LogP contribution in [0.4, 0.5) is 0 Å². The van der Waals surface area contributed by atoms with Crippen LogP contribution < -0.4 is 5.73 Å². The lowest BCUT2D eigenvalue weighted by molar-refractivity contribution is 1.10. The predicted octanol–water partition coefficient (Wildman–Crippen LogP) is 3.68. The maximum Gasteiger partial charge on any atom is 0.123 e. The Bertz CT molecular complexity index is 484. The normalized spacial score (nSPS) is 10.6. The lowest BCUT2D eigenvalue weighted by atomic mass is 10.2. The number of thiazole rings is 1. The monoisotopic (exact) mass is 302 g/mol. The zero-order chi connectivity index (χ0) is 10.8. The highest BCUT2D eigenvalue weighted by atomic mass is 79.9. The number of rotatable bonds is 2. The molecular formula is C10H8BrClN2S. The minimum absolute atomic E-state index is 0.530. The molecule has 1 aromatic carbocycles. The van der Waals surface area contributed by atoms with Crippen LogP contribution >= 0.6 is 38.9 Å². The lowest BCUT2D eigenvalue weighted by Gasteiger charge is -1.99. The Labute approximate surface area is 105 Å². The molecule has 0 saturated carbocycles. The van der Waals surface area contributed by atoms with E-state index in [9.17, 15) is 0 Å². The summed E-state index contributed by atoms with van der Waals surface area (Å²) in [6.07, 6.45) is 1.80. The van der Waals surface area contributed by atoms with Crippen LogP contribution in [0.25, 0.3) is 10.6 Å². The highest BCUT2D eigenvalue weighted by molar-refractivity contribution is 9.10. The molecule has 2 nitrogen and oxygen atoms in total. The summed E-state index contributed by atoms with van der Waals surface area (Å²) in [7, 11) is 0. The summed E-state index contributed by atoms with van der Waals surface area (Å²) in [6, 6.07) is 5.79. The van der Waals surface area contributed by atoms with E-state index in [0.717, 1.165) is 19.9 Å². The summed E-state index contributed by atoms with van der Waals surface area (Å²) in [6.45, 7) is 0.530. The molecule has 2 rings (SSSR count). The third-order valence-electron chi connectivity index (χ3n) is 1.92. The lowest BCUT2D eigenvalue weighted by Crippen LogP contribution is -1.91. The van der Waals surface area contributed by atoms with Gasteiger partial charge in [-0.05, 0) is 28.1 Å². The van der Waals surface area contributed by atoms with E-state index in [2.05, 4.69) is 20.9 Å². The molecule has 0 atom stereocenters. The highest BCUT2D eigenvalue weighted by Crippen LogP contribution is 2.30. The van der Waals surface area contributed by atoms with Crippen molar-refractivity contribution in [3.63, 3.8) is 0 Å². The van der Waals surface area contributed by atoms with Crippen LogP contribution in [0.1, 0.15) is 4.88 Å². The second kappa shape index (κ2) is 4.61. The Morgan fingerprint density at radius 3 is 2.87 bits per heavy atom. The second-order valence-electron chi connectivity index (χ2n) is 2.96. The van der Waals surface area contributed by atoms with Crippen LogP contribution in [0.3, 0.4) is 0 Å². The van der Waals surface area contributed by atoms with E-state index in [4.69, 9.17) is 17.3 Å². The van der Waals surface area contributed by atoms with Gasteiger partial charge in [0, 0.05) is 27.7 Å². The molecule has 15 heavy (non-hydrogen) atoms. The second-order valence-corrected chi connectivity index (χ2v) is 5.34. The van der Waals surface area contributed by atoms with Gasteiger partial charge in [-0.2, -0.15) is 0 Å². The van der Waals surface area contributed by atoms with Gasteiger partial charge in [0.1, 0.15) is 5.01 Å². The Hall–Kier alpha value is -0.420. The topological polar surface area (TPSA) is 38.9 Å². The number of hydrogen-bond donors (Lipinski definition) is 1. The fourth-order valence-electron chi connectivity index (χ4n) is 1.16. The summed E-state index contributed by atoms with van der Waals surface area (Å²) in [4.78, 5) is 5.37. The predicted molar refractivity (Wildman–Crippen MR) is 68.2 cm³/mol. The number of aromatic nitrogens is 1. The first-order valence-electron chi connectivity index (χ1n) is 4.31. The molecule has 0 aliphatic rings. The molecule has 2 aromatic rings. The van der Waals surface area contributed by atoms with E-state index in [1.807, 2.05) is 18.2 Å². The van der Waals surface area contributed by atoms with Gasteiger partial charge in [-0.1, -0.05) is 17.7 Å². The summed E-state index contributed by atoms with van der Waals surface area (Å²) in [5.74, 6) is 0. The van der Waals surface area contributed by atoms with Crippen LogP contribution in [0.5, 0.6) is 0 Å². The summed E-state index contributed by atoms with van der Waals surface area (Å²) in [5, 5.41) is 1.64. The molecule has 0 amide bonds. The number of nitrogens with two attached hydrogens (primary N) is 1. The molecule has 0 fully saturated rings. The summed E-state index contributed by atoms with van der Waals surface area (Å²) in [5.41, 5.74) is 6.55. The van der Waals surface area contributed by atoms with E-state index in [1.54, 1.807) is 17.5 Å².